The summed E-state index contributed by atoms with van der Waals surface area (Å²) < 4.78 is 54.8. The molecule has 0 N–H and O–H groups in total. The first-order chi connectivity index (χ1) is 6.49. The molecule has 7 heteroatoms. The Morgan fingerprint density at radius 2 is 1.57 bits per heavy atom. The van der Waals surface area contributed by atoms with Gasteiger partial charge in [0.25, 0.3) is 0 Å². The Labute approximate surface area is 92.2 Å². The van der Waals surface area contributed by atoms with Crippen LogP contribution in [-0.2, 0) is 2.69 Å². The fourth-order valence-corrected chi connectivity index (χ4v) is 1.27. The van der Waals surface area contributed by atoms with Gasteiger partial charge in [0.1, 0.15) is 0 Å². The molecule has 0 bridgehead atoms. The van der Waals surface area contributed by atoms with E-state index in [-0.39, 0.29) is 32.3 Å². The van der Waals surface area contributed by atoms with Gasteiger partial charge >= 0.3 is 92.1 Å². The molecule has 0 aliphatic rings. The van der Waals surface area contributed by atoms with Gasteiger partial charge in [-0.25, -0.2) is 0 Å². The fraction of sp³-hybridized carbons (Fsp3) is 0. The van der Waals surface area contributed by atoms with Crippen LogP contribution in [0.2, 0.25) is 0 Å². The summed E-state index contributed by atoms with van der Waals surface area (Å²) >= 11 is -0.322. The van der Waals surface area contributed by atoms with Crippen molar-refractivity contribution in [3.8, 4) is 0 Å². The van der Waals surface area contributed by atoms with E-state index in [9.17, 15) is 22.4 Å². The second-order valence-electron chi connectivity index (χ2n) is 2.25. The maximum atomic E-state index is 12.8. The Morgan fingerprint density at radius 1 is 1.14 bits per heavy atom. The van der Waals surface area contributed by atoms with Crippen LogP contribution in [0.5, 0.6) is 0 Å². The number of benzene rings is 1. The molecule has 0 aromatic heterocycles. The SMILES string of the molecule is O=C([O][Tl])c1c(F)c(F)cc(F)c1F. The third kappa shape index (κ3) is 1.89. The number of hydrogen-bond acceptors (Lipinski definition) is 2. The number of hydrogen-bond donors (Lipinski definition) is 0. The standard InChI is InChI=1S/C7H2F4O2.Tl/c8-2-1-3(9)6(11)4(5(2)10)7(12)13;/h1H,(H,12,13);/q;+1/p-1. The Kier molecular flexibility index (Phi) is 3.45. The van der Waals surface area contributed by atoms with Gasteiger partial charge in [-0.15, -0.1) is 0 Å². The van der Waals surface area contributed by atoms with Crippen molar-refractivity contribution in [1.82, 2.24) is 0 Å². The summed E-state index contributed by atoms with van der Waals surface area (Å²) in [6.45, 7) is 0. The minimum absolute atomic E-state index is 0.0246. The molecular formula is C7HF4O2Tl. The third-order valence-electron chi connectivity index (χ3n) is 1.42. The topological polar surface area (TPSA) is 26.3 Å². The van der Waals surface area contributed by atoms with Crippen LogP contribution in [0.25, 0.3) is 0 Å². The van der Waals surface area contributed by atoms with E-state index in [0.29, 0.717) is 0 Å². The van der Waals surface area contributed by atoms with Crippen molar-refractivity contribution in [2.24, 2.45) is 0 Å². The molecule has 0 spiro atoms. The van der Waals surface area contributed by atoms with E-state index >= 15 is 0 Å². The molecule has 0 radical (unpaired) electrons. The molecule has 0 saturated carbocycles. The van der Waals surface area contributed by atoms with Crippen LogP contribution < -0.4 is 0 Å². The molecule has 0 aliphatic carbocycles. The predicted octanol–water partition coefficient (Wildman–Crippen LogP) is 1.48. The second-order valence-corrected chi connectivity index (χ2v) is 3.16. The van der Waals surface area contributed by atoms with Gasteiger partial charge in [0, 0.05) is 0 Å². The molecule has 0 aliphatic heterocycles. The van der Waals surface area contributed by atoms with E-state index in [2.05, 4.69) is 2.69 Å². The monoisotopic (exact) mass is 398 g/mol. The van der Waals surface area contributed by atoms with Crippen molar-refractivity contribution in [2.75, 3.05) is 0 Å². The Bertz CT molecular complexity index is 368. The van der Waals surface area contributed by atoms with Crippen molar-refractivity contribution in [2.45, 2.75) is 0 Å². The quantitative estimate of drug-likeness (QED) is 0.408. The van der Waals surface area contributed by atoms with Crippen LogP contribution in [0.15, 0.2) is 6.07 Å². The first-order valence-electron chi connectivity index (χ1n) is 3.23. The van der Waals surface area contributed by atoms with Crippen molar-refractivity contribution >= 4 is 32.2 Å². The summed E-state index contributed by atoms with van der Waals surface area (Å²) in [5.41, 5.74) is -1.33. The van der Waals surface area contributed by atoms with Crippen LogP contribution in [0.3, 0.4) is 0 Å². The van der Waals surface area contributed by atoms with Crippen LogP contribution in [0, 0.1) is 23.3 Å². The molecule has 0 saturated heterocycles. The van der Waals surface area contributed by atoms with Gasteiger partial charge in [-0.05, 0) is 0 Å². The minimum atomic E-state index is -1.74. The van der Waals surface area contributed by atoms with Crippen molar-refractivity contribution in [3.63, 3.8) is 0 Å². The van der Waals surface area contributed by atoms with E-state index in [1.165, 1.54) is 0 Å². The zero-order valence-corrected chi connectivity index (χ0v) is 11.0. The summed E-state index contributed by atoms with van der Waals surface area (Å²) in [5.74, 6) is -8.14. The Morgan fingerprint density at radius 3 is 1.93 bits per heavy atom. The molecular weight excluding hydrogens is 396 g/mol. The summed E-state index contributed by atoms with van der Waals surface area (Å²) in [5, 5.41) is 0. The number of halogens is 4. The average Bonchev–Trinajstić information content (AvgIpc) is 2.15. The van der Waals surface area contributed by atoms with E-state index in [1.807, 2.05) is 0 Å². The van der Waals surface area contributed by atoms with Gasteiger partial charge in [0.15, 0.2) is 0 Å². The number of carbonyl (C=O) groups excluding carboxylic acids is 1. The van der Waals surface area contributed by atoms with Gasteiger partial charge in [-0.1, -0.05) is 0 Å². The third-order valence-corrected chi connectivity index (χ3v) is 2.26. The summed E-state index contributed by atoms with van der Waals surface area (Å²) in [6, 6.07) is 0.0246. The van der Waals surface area contributed by atoms with Crippen LogP contribution in [0.1, 0.15) is 10.4 Å². The molecule has 0 amide bonds. The molecule has 1 aromatic rings. The summed E-state index contributed by atoms with van der Waals surface area (Å²) in [4.78, 5) is 10.8. The van der Waals surface area contributed by atoms with Crippen molar-refractivity contribution < 1.29 is 25.0 Å². The molecule has 2 nitrogen and oxygen atoms in total. The Balaban J connectivity index is 3.47. The van der Waals surface area contributed by atoms with Gasteiger partial charge in [0.05, 0.1) is 0 Å². The van der Waals surface area contributed by atoms with E-state index in [0.717, 1.165) is 0 Å². The van der Waals surface area contributed by atoms with Gasteiger partial charge < -0.3 is 0 Å². The molecule has 1 rings (SSSR count). The molecule has 0 atom stereocenters. The molecule has 1 aromatic carbocycles. The molecule has 0 unspecified atom stereocenters. The predicted molar refractivity (Wildman–Crippen MR) is 37.4 cm³/mol. The molecule has 14 heavy (non-hydrogen) atoms. The second kappa shape index (κ2) is 4.24. The fourth-order valence-electron chi connectivity index (χ4n) is 0.811. The number of carbonyl (C=O) groups is 1. The molecule has 72 valence electrons. The van der Waals surface area contributed by atoms with E-state index in [1.54, 1.807) is 0 Å². The first-order valence-corrected chi connectivity index (χ1v) is 5.06. The number of rotatable bonds is 1. The molecule has 0 fully saturated rings. The molecule has 0 heterocycles. The average molecular weight is 397 g/mol. The van der Waals surface area contributed by atoms with Crippen LogP contribution >= 0.6 is 0 Å². The van der Waals surface area contributed by atoms with Crippen LogP contribution in [0.4, 0.5) is 17.6 Å². The summed E-state index contributed by atoms with van der Waals surface area (Å²) in [6.07, 6.45) is 0. The zero-order chi connectivity index (χ0) is 10.9. The van der Waals surface area contributed by atoms with Gasteiger partial charge in [-0.3, -0.25) is 0 Å². The van der Waals surface area contributed by atoms with Gasteiger partial charge in [0.2, 0.25) is 0 Å². The van der Waals surface area contributed by atoms with Gasteiger partial charge in [-0.2, -0.15) is 0 Å². The van der Waals surface area contributed by atoms with Crippen molar-refractivity contribution in [1.29, 1.82) is 0 Å². The normalized spacial score (nSPS) is 9.93. The van der Waals surface area contributed by atoms with Crippen molar-refractivity contribution in [3.05, 3.63) is 34.9 Å². The zero-order valence-electron chi connectivity index (χ0n) is 6.48. The van der Waals surface area contributed by atoms with E-state index < -0.39 is 34.8 Å². The Hall–Kier alpha value is -0.668. The van der Waals surface area contributed by atoms with E-state index in [4.69, 9.17) is 0 Å². The maximum absolute atomic E-state index is 12.8. The van der Waals surface area contributed by atoms with Crippen LogP contribution in [-0.4, -0.2) is 32.2 Å². The summed E-state index contributed by atoms with van der Waals surface area (Å²) in [7, 11) is 0. The first kappa shape index (κ1) is 11.4.